The zero-order chi connectivity index (χ0) is 97.8. The lowest BCUT2D eigenvalue weighted by Gasteiger charge is -2.29. The predicted octanol–water partition coefficient (Wildman–Crippen LogP) is 37.0. The molecule has 18 rings (SSSR count). The zero-order valence-electron chi connectivity index (χ0n) is 83.6. The molecule has 0 heterocycles. The first-order valence-electron chi connectivity index (χ1n) is 49.2. The summed E-state index contributed by atoms with van der Waals surface area (Å²) < 4.78 is 16.3. The third-order valence-corrected chi connectivity index (χ3v) is 26.9. The van der Waals surface area contributed by atoms with Gasteiger partial charge in [-0.05, 0) is 340 Å². The molecule has 0 fully saturated rings. The van der Waals surface area contributed by atoms with Crippen LogP contribution in [-0.2, 0) is 25.7 Å². The molecule has 7 nitrogen and oxygen atoms in total. The van der Waals surface area contributed by atoms with Gasteiger partial charge in [0.1, 0.15) is 5.75 Å². The molecule has 18 aromatic carbocycles. The Hall–Kier alpha value is -16.5. The second-order valence-corrected chi connectivity index (χ2v) is 36.3. The summed E-state index contributed by atoms with van der Waals surface area (Å²) in [5.41, 5.74) is 46.7. The number of ether oxygens (including phenoxy) is 3. The van der Waals surface area contributed by atoms with Crippen LogP contribution < -0.4 is 33.8 Å². The van der Waals surface area contributed by atoms with Gasteiger partial charge >= 0.3 is 0 Å². The highest BCUT2D eigenvalue weighted by Crippen LogP contribution is 2.47. The minimum Gasteiger partial charge on any atom is -0.497 e. The first-order valence-corrected chi connectivity index (χ1v) is 49.2. The average molecular weight is 1840 g/mol. The van der Waals surface area contributed by atoms with E-state index in [2.05, 4.69) is 514 Å². The predicted molar refractivity (Wildman–Crippen MR) is 605 cm³/mol. The number of nitrogens with zero attached hydrogens (tertiary/aromatic N) is 4. The normalized spacial score (nSPS) is 11.3. The van der Waals surface area contributed by atoms with E-state index >= 15 is 0 Å². The number of anilines is 12. The maximum Gasteiger partial charge on any atom is 0.161 e. The first-order chi connectivity index (χ1) is 68.9. The van der Waals surface area contributed by atoms with Gasteiger partial charge in [0.2, 0.25) is 0 Å². The van der Waals surface area contributed by atoms with E-state index in [-0.39, 0.29) is 0 Å². The minimum absolute atomic E-state index is 0.712. The molecule has 0 aliphatic carbocycles. The van der Waals surface area contributed by atoms with Crippen molar-refractivity contribution in [2.24, 2.45) is 0 Å². The van der Waals surface area contributed by atoms with Crippen molar-refractivity contribution in [3.8, 4) is 61.8 Å². The Morgan fingerprint density at radius 2 is 0.397 bits per heavy atom. The largest absolute Gasteiger partial charge is 0.497 e. The lowest BCUT2D eigenvalue weighted by Crippen LogP contribution is -2.13. The lowest BCUT2D eigenvalue weighted by molar-refractivity contribution is 0.355. The molecule has 0 spiro atoms. The maximum atomic E-state index is 5.53. The fourth-order valence-electron chi connectivity index (χ4n) is 18.8. The van der Waals surface area contributed by atoms with E-state index < -0.39 is 0 Å². The topological polar surface area (TPSA) is 40.7 Å². The van der Waals surface area contributed by atoms with Crippen LogP contribution in [0.3, 0.4) is 0 Å². The van der Waals surface area contributed by atoms with Gasteiger partial charge in [0.05, 0.1) is 44.1 Å². The second kappa shape index (κ2) is 45.2. The van der Waals surface area contributed by atoms with Crippen molar-refractivity contribution in [2.45, 2.75) is 102 Å². The Balaban J connectivity index is 0.000000194. The van der Waals surface area contributed by atoms with Crippen molar-refractivity contribution in [3.05, 3.63) is 506 Å². The number of benzene rings is 18. The van der Waals surface area contributed by atoms with Crippen molar-refractivity contribution in [1.82, 2.24) is 0 Å². The van der Waals surface area contributed by atoms with E-state index in [1.165, 1.54) is 151 Å². The van der Waals surface area contributed by atoms with Gasteiger partial charge in [-0.3, -0.25) is 0 Å². The van der Waals surface area contributed by atoms with Crippen molar-refractivity contribution < 1.29 is 14.2 Å². The molecule has 0 atom stereocenters. The third-order valence-electron chi connectivity index (χ3n) is 26.9. The van der Waals surface area contributed by atoms with E-state index in [1.54, 1.807) is 21.3 Å². The van der Waals surface area contributed by atoms with E-state index in [4.69, 9.17) is 14.2 Å². The van der Waals surface area contributed by atoms with Gasteiger partial charge in [0.15, 0.2) is 11.5 Å². The summed E-state index contributed by atoms with van der Waals surface area (Å²) in [6.07, 6.45) is 21.1. The Labute approximate surface area is 836 Å². The van der Waals surface area contributed by atoms with E-state index in [1.807, 2.05) is 30.3 Å². The second-order valence-electron chi connectivity index (χ2n) is 36.3. The minimum atomic E-state index is 0.712. The fraction of sp³-hybridized carbons (Fsp3) is 0.134. The van der Waals surface area contributed by atoms with Gasteiger partial charge < -0.3 is 33.8 Å². The molecule has 0 aliphatic heterocycles. The molecule has 0 N–H and O–H groups in total. The highest BCUT2D eigenvalue weighted by atomic mass is 16.5. The fourth-order valence-corrected chi connectivity index (χ4v) is 18.8. The van der Waals surface area contributed by atoms with Gasteiger partial charge in [0, 0.05) is 45.5 Å². The molecule has 0 amide bonds. The number of methoxy groups -OCH3 is 3. The van der Waals surface area contributed by atoms with Crippen molar-refractivity contribution in [1.29, 1.82) is 0 Å². The summed E-state index contributed by atoms with van der Waals surface area (Å²) in [5, 5.41) is 0. The van der Waals surface area contributed by atoms with Crippen LogP contribution in [0.15, 0.2) is 400 Å². The summed E-state index contributed by atoms with van der Waals surface area (Å²) in [4.78, 5) is 9.64. The number of aryl methyl sites for hydroxylation is 11. The third kappa shape index (κ3) is 22.7. The first kappa shape index (κ1) is 96.2. The van der Waals surface area contributed by atoms with Gasteiger partial charge in [-0.15, -0.1) is 0 Å². The molecule has 0 aromatic heterocycles. The molecule has 141 heavy (non-hydrogen) atoms. The summed E-state index contributed by atoms with van der Waals surface area (Å²) in [7, 11) is 5.01. The molecular weight excluding hydrogens is 1710 g/mol. The zero-order valence-corrected chi connectivity index (χ0v) is 83.6. The maximum absolute atomic E-state index is 5.53. The van der Waals surface area contributed by atoms with Crippen molar-refractivity contribution in [3.63, 3.8) is 0 Å². The molecule has 0 bridgehead atoms. The van der Waals surface area contributed by atoms with Gasteiger partial charge in [-0.1, -0.05) is 361 Å². The molecule has 0 saturated heterocycles. The quantitative estimate of drug-likeness (QED) is 0.0401. The van der Waals surface area contributed by atoms with Crippen LogP contribution in [0.25, 0.3) is 93.1 Å². The van der Waals surface area contributed by atoms with E-state index in [0.29, 0.717) is 11.5 Å². The average Bonchev–Trinajstić information content (AvgIpc) is 0.764. The van der Waals surface area contributed by atoms with Crippen LogP contribution in [0, 0.1) is 48.5 Å². The smallest absolute Gasteiger partial charge is 0.161 e. The Morgan fingerprint density at radius 1 is 0.184 bits per heavy atom. The van der Waals surface area contributed by atoms with Crippen LogP contribution in [-0.4, -0.2) is 21.3 Å². The Kier molecular flexibility index (Phi) is 30.8. The van der Waals surface area contributed by atoms with E-state index in [0.717, 1.165) is 99.2 Å². The van der Waals surface area contributed by atoms with Crippen LogP contribution in [0.4, 0.5) is 68.2 Å². The van der Waals surface area contributed by atoms with Crippen LogP contribution in [0.2, 0.25) is 0 Å². The highest BCUT2D eigenvalue weighted by molar-refractivity contribution is 5.90. The SMILES string of the molecule is CCc1cccc(C)c1N(c1ccc(/C=C/c2ccc(C)c(C)c2)cc1)c1ccc(-c2ccc(-c3ccc(N(c4ccc(/C=C/c5ccc(OC)c(OC)c5)cc4)c4c(C)cccc4CC)cc3)cc2)cc1.CCc1cccc(C)c1N(c1ccc(/C=C/c2ccc(C)cc2)cc1)c1ccc(-c2ccc(-c3ccc(N(c4ccc(/C=C/c5ccc(OC)cc5)cc4)c4c(C)cccc4CC)cc3)cc2)cc1. The highest BCUT2D eigenvalue weighted by Gasteiger charge is 2.25. The van der Waals surface area contributed by atoms with Gasteiger partial charge in [0.25, 0.3) is 0 Å². The molecule has 0 radical (unpaired) electrons. The molecule has 698 valence electrons. The summed E-state index contributed by atoms with van der Waals surface area (Å²) >= 11 is 0. The molecule has 18 aromatic rings. The Bertz CT molecular complexity index is 7430. The number of hydrogen-bond acceptors (Lipinski definition) is 7. The van der Waals surface area contributed by atoms with Crippen molar-refractivity contribution >= 4 is 117 Å². The standard InChI is InChI=1S/C68H64N2O2.C66H60N2O/c1-9-55-15-11-13-48(4)67(55)69(61-36-23-51(24-37-61)19-21-53-18-17-47(3)50(6)45-53)63-40-32-59(33-41-63)57-28-30-58(31-29-57)60-34-42-64(43-35-60)70(68-49(5)14-12-16-56(68)10-2)62-38-25-52(26-39-62)20-22-54-27-44-65(71-7)66(46-54)72-8;1-7-54-13-9-11-48(4)65(54)67(60-37-23-51(24-38-60)20-19-50-17-15-47(3)16-18-50)62-41-33-58(34-42-62)56-29-31-57(32-30-56)59-35-43-63(44-36-59)68(66-49(5)12-10-14-55(66)8-2)61-39-25-52(26-40-61)21-22-53-27-45-64(69-6)46-28-53/h11-46H,9-10H2,1-8H3;9-46H,7-8H2,1-6H3/b21-19+,22-20+;20-19+,22-21+. The summed E-state index contributed by atoms with van der Waals surface area (Å²) in [6.45, 7) is 24.2. The van der Waals surface area contributed by atoms with Gasteiger partial charge in [-0.25, -0.2) is 0 Å². The lowest BCUT2D eigenvalue weighted by atomic mass is 9.98. The summed E-state index contributed by atoms with van der Waals surface area (Å²) in [5.74, 6) is 2.29. The molecule has 0 unspecified atom stereocenters. The monoisotopic (exact) mass is 1840 g/mol. The van der Waals surface area contributed by atoms with Gasteiger partial charge in [-0.2, -0.15) is 0 Å². The van der Waals surface area contributed by atoms with Crippen LogP contribution in [0.5, 0.6) is 17.2 Å². The Morgan fingerprint density at radius 3 is 0.638 bits per heavy atom. The van der Waals surface area contributed by atoms with Crippen molar-refractivity contribution in [2.75, 3.05) is 40.9 Å². The number of para-hydroxylation sites is 4. The van der Waals surface area contributed by atoms with Crippen LogP contribution >= 0.6 is 0 Å². The molecular formula is C134H124N4O3. The summed E-state index contributed by atoms with van der Waals surface area (Å²) in [6, 6.07) is 145. The molecule has 7 heteroatoms. The number of hydrogen-bond donors (Lipinski definition) is 0. The molecule has 0 saturated carbocycles. The molecule has 0 aliphatic rings. The van der Waals surface area contributed by atoms with E-state index in [9.17, 15) is 0 Å². The van der Waals surface area contributed by atoms with Crippen LogP contribution in [0.1, 0.15) is 133 Å². The number of rotatable bonds is 31.